The van der Waals surface area contributed by atoms with Gasteiger partial charge in [0, 0.05) is 31.9 Å². The van der Waals surface area contributed by atoms with Crippen LogP contribution in [0, 0.1) is 0 Å². The lowest BCUT2D eigenvalue weighted by molar-refractivity contribution is -0.145. The van der Waals surface area contributed by atoms with E-state index in [9.17, 15) is 9.59 Å². The second-order valence-corrected chi connectivity index (χ2v) is 9.10. The van der Waals surface area contributed by atoms with Crippen molar-refractivity contribution < 1.29 is 9.53 Å². The number of hydrogen-bond donors (Lipinski definition) is 1. The molecule has 8 heteroatoms. The number of nitrogens with zero attached hydrogens (tertiary/aromatic N) is 3. The Kier molecular flexibility index (Phi) is 8.59. The first-order valence-electron chi connectivity index (χ1n) is 12.0. The summed E-state index contributed by atoms with van der Waals surface area (Å²) in [6.45, 7) is 0.292. The Labute approximate surface area is 221 Å². The molecule has 3 aromatic carbocycles. The first kappa shape index (κ1) is 26.0. The maximum Gasteiger partial charge on any atom is 0.326 e. The Morgan fingerprint density at radius 2 is 1.65 bits per heavy atom. The zero-order valence-corrected chi connectivity index (χ0v) is 21.6. The molecule has 0 unspecified atom stereocenters. The number of carbonyl (C=O) groups is 1. The standard InChI is InChI=1S/C29H29ClN4O3/c1-33(2)24-15-9-14-23(18-24)26-27(30)32-28(31-17-16-21-10-5-3-6-11-21)29(36)34(26)19-25(35)37-20-22-12-7-4-8-13-22/h3-15,18H,16-17,19-20H2,1-2H3,(H,31,32). The van der Waals surface area contributed by atoms with Gasteiger partial charge in [0.1, 0.15) is 13.2 Å². The van der Waals surface area contributed by atoms with Gasteiger partial charge in [-0.05, 0) is 29.7 Å². The molecule has 1 heterocycles. The Hall–Kier alpha value is -4.10. The number of hydrogen-bond acceptors (Lipinski definition) is 6. The molecule has 0 saturated heterocycles. The number of halogens is 1. The minimum atomic E-state index is -0.548. The van der Waals surface area contributed by atoms with Gasteiger partial charge in [0.15, 0.2) is 11.0 Å². The monoisotopic (exact) mass is 516 g/mol. The Morgan fingerprint density at radius 3 is 2.32 bits per heavy atom. The predicted octanol–water partition coefficient (Wildman–Crippen LogP) is 5.03. The number of ether oxygens (including phenoxy) is 1. The van der Waals surface area contributed by atoms with Gasteiger partial charge in [-0.15, -0.1) is 0 Å². The topological polar surface area (TPSA) is 76.5 Å². The van der Waals surface area contributed by atoms with E-state index in [-0.39, 0.29) is 24.1 Å². The molecule has 1 aromatic heterocycles. The van der Waals surface area contributed by atoms with Crippen LogP contribution in [0.15, 0.2) is 89.7 Å². The van der Waals surface area contributed by atoms with E-state index in [2.05, 4.69) is 10.3 Å². The van der Waals surface area contributed by atoms with E-state index in [1.54, 1.807) is 0 Å². The van der Waals surface area contributed by atoms with Crippen LogP contribution in [0.1, 0.15) is 11.1 Å². The van der Waals surface area contributed by atoms with Gasteiger partial charge in [-0.25, -0.2) is 4.98 Å². The van der Waals surface area contributed by atoms with Crippen molar-refractivity contribution in [2.45, 2.75) is 19.6 Å². The molecular weight excluding hydrogens is 488 g/mol. The van der Waals surface area contributed by atoms with E-state index in [4.69, 9.17) is 16.3 Å². The summed E-state index contributed by atoms with van der Waals surface area (Å²) in [7, 11) is 3.85. The van der Waals surface area contributed by atoms with Crippen molar-refractivity contribution in [1.82, 2.24) is 9.55 Å². The highest BCUT2D eigenvalue weighted by Gasteiger charge is 2.20. The predicted molar refractivity (Wildman–Crippen MR) is 148 cm³/mol. The van der Waals surface area contributed by atoms with Gasteiger partial charge in [0.25, 0.3) is 5.56 Å². The highest BCUT2D eigenvalue weighted by Crippen LogP contribution is 2.29. The van der Waals surface area contributed by atoms with Crippen LogP contribution in [0.2, 0.25) is 5.15 Å². The first-order valence-corrected chi connectivity index (χ1v) is 12.4. The second-order valence-electron chi connectivity index (χ2n) is 8.74. The van der Waals surface area contributed by atoms with Crippen LogP contribution in [-0.2, 0) is 29.1 Å². The SMILES string of the molecule is CN(C)c1cccc(-c2c(Cl)nc(NCCc3ccccc3)c(=O)n2CC(=O)OCc2ccccc2)c1. The van der Waals surface area contributed by atoms with Crippen molar-refractivity contribution in [3.63, 3.8) is 0 Å². The molecule has 0 amide bonds. The van der Waals surface area contributed by atoms with Gasteiger partial charge in [0.2, 0.25) is 0 Å². The van der Waals surface area contributed by atoms with Gasteiger partial charge < -0.3 is 15.0 Å². The van der Waals surface area contributed by atoms with Crippen LogP contribution >= 0.6 is 11.6 Å². The van der Waals surface area contributed by atoms with E-state index in [0.717, 1.165) is 16.8 Å². The van der Waals surface area contributed by atoms with Crippen molar-refractivity contribution in [3.8, 4) is 11.3 Å². The molecule has 0 radical (unpaired) electrons. The summed E-state index contributed by atoms with van der Waals surface area (Å²) in [5.74, 6) is -0.460. The summed E-state index contributed by atoms with van der Waals surface area (Å²) >= 11 is 6.65. The van der Waals surface area contributed by atoms with E-state index in [1.165, 1.54) is 4.57 Å². The van der Waals surface area contributed by atoms with Crippen molar-refractivity contribution in [3.05, 3.63) is 112 Å². The fourth-order valence-corrected chi connectivity index (χ4v) is 4.19. The van der Waals surface area contributed by atoms with E-state index in [1.807, 2.05) is 104 Å². The zero-order valence-electron chi connectivity index (χ0n) is 20.9. The number of anilines is 2. The highest BCUT2D eigenvalue weighted by molar-refractivity contribution is 6.32. The molecule has 7 nitrogen and oxygen atoms in total. The number of rotatable bonds is 10. The molecule has 0 aliphatic rings. The molecule has 190 valence electrons. The molecule has 4 aromatic rings. The normalized spacial score (nSPS) is 10.7. The average Bonchev–Trinajstić information content (AvgIpc) is 2.91. The minimum Gasteiger partial charge on any atom is -0.459 e. The number of benzene rings is 3. The van der Waals surface area contributed by atoms with Crippen LogP contribution in [0.25, 0.3) is 11.3 Å². The summed E-state index contributed by atoms with van der Waals surface area (Å²) < 4.78 is 6.80. The molecule has 0 fully saturated rings. The van der Waals surface area contributed by atoms with E-state index >= 15 is 0 Å². The first-order chi connectivity index (χ1) is 17.9. The van der Waals surface area contributed by atoms with Gasteiger partial charge >= 0.3 is 5.97 Å². The van der Waals surface area contributed by atoms with Crippen molar-refractivity contribution >= 4 is 29.1 Å². The lowest BCUT2D eigenvalue weighted by atomic mass is 10.1. The third-order valence-corrected chi connectivity index (χ3v) is 6.10. The molecular formula is C29H29ClN4O3. The Balaban J connectivity index is 1.64. The summed E-state index contributed by atoms with van der Waals surface area (Å²) in [5.41, 5.74) is 3.50. The summed E-state index contributed by atoms with van der Waals surface area (Å²) in [6, 6.07) is 26.9. The van der Waals surface area contributed by atoms with Crippen LogP contribution in [0.3, 0.4) is 0 Å². The third kappa shape index (κ3) is 6.77. The smallest absolute Gasteiger partial charge is 0.326 e. The Morgan fingerprint density at radius 1 is 0.973 bits per heavy atom. The van der Waals surface area contributed by atoms with Crippen LogP contribution in [0.4, 0.5) is 11.5 Å². The van der Waals surface area contributed by atoms with Crippen molar-refractivity contribution in [2.24, 2.45) is 0 Å². The second kappa shape index (κ2) is 12.2. The molecule has 37 heavy (non-hydrogen) atoms. The maximum absolute atomic E-state index is 13.5. The molecule has 0 spiro atoms. The molecule has 1 N–H and O–H groups in total. The van der Waals surface area contributed by atoms with Gasteiger partial charge in [-0.1, -0.05) is 84.4 Å². The Bertz CT molecular complexity index is 1410. The molecule has 0 bridgehead atoms. The fraction of sp³-hybridized carbons (Fsp3) is 0.207. The zero-order chi connectivity index (χ0) is 26.2. The van der Waals surface area contributed by atoms with Crippen LogP contribution in [-0.4, -0.2) is 36.2 Å². The number of nitrogens with one attached hydrogen (secondary N) is 1. The van der Waals surface area contributed by atoms with Crippen molar-refractivity contribution in [2.75, 3.05) is 30.9 Å². The van der Waals surface area contributed by atoms with E-state index in [0.29, 0.717) is 24.2 Å². The third-order valence-electron chi connectivity index (χ3n) is 5.84. The van der Waals surface area contributed by atoms with E-state index < -0.39 is 11.5 Å². The molecule has 0 aliphatic heterocycles. The quantitative estimate of drug-likeness (QED) is 0.298. The van der Waals surface area contributed by atoms with Gasteiger partial charge in [-0.2, -0.15) is 0 Å². The van der Waals surface area contributed by atoms with Crippen LogP contribution < -0.4 is 15.8 Å². The maximum atomic E-state index is 13.5. The number of carbonyl (C=O) groups excluding carboxylic acids is 1. The van der Waals surface area contributed by atoms with Crippen molar-refractivity contribution in [1.29, 1.82) is 0 Å². The average molecular weight is 517 g/mol. The highest BCUT2D eigenvalue weighted by atomic mass is 35.5. The molecule has 0 atom stereocenters. The molecule has 0 aliphatic carbocycles. The number of aromatic nitrogens is 2. The summed E-state index contributed by atoms with van der Waals surface area (Å²) in [5, 5.41) is 3.21. The lowest BCUT2D eigenvalue weighted by Crippen LogP contribution is -2.30. The fourth-order valence-electron chi connectivity index (χ4n) is 3.89. The summed E-state index contributed by atoms with van der Waals surface area (Å²) in [4.78, 5) is 32.7. The largest absolute Gasteiger partial charge is 0.459 e. The molecule has 0 saturated carbocycles. The van der Waals surface area contributed by atoms with Gasteiger partial charge in [0.05, 0.1) is 5.69 Å². The van der Waals surface area contributed by atoms with Crippen LogP contribution in [0.5, 0.6) is 0 Å². The summed E-state index contributed by atoms with van der Waals surface area (Å²) in [6.07, 6.45) is 0.700. The minimum absolute atomic E-state index is 0.0873. The molecule has 4 rings (SSSR count). The van der Waals surface area contributed by atoms with Gasteiger partial charge in [-0.3, -0.25) is 14.2 Å². The number of esters is 1. The lowest BCUT2D eigenvalue weighted by Gasteiger charge is -2.18.